The molecule has 3 heteroatoms. The number of carboxylic acid groups (broad SMARTS) is 1. The zero-order valence-electron chi connectivity index (χ0n) is 14.1. The highest BCUT2D eigenvalue weighted by atomic mass is 16.4. The fraction of sp³-hybridized carbons (Fsp3) is 0.200. The van der Waals surface area contributed by atoms with Crippen molar-refractivity contribution in [1.82, 2.24) is 0 Å². The lowest BCUT2D eigenvalue weighted by molar-refractivity contribution is -0.132. The molecule has 0 aliphatic rings. The van der Waals surface area contributed by atoms with Gasteiger partial charge in [-0.1, -0.05) is 49.1 Å². The van der Waals surface area contributed by atoms with E-state index in [9.17, 15) is 4.79 Å². The van der Waals surface area contributed by atoms with Crippen LogP contribution in [0.15, 0.2) is 77.0 Å². The van der Waals surface area contributed by atoms with Crippen LogP contribution in [-0.4, -0.2) is 16.8 Å². The van der Waals surface area contributed by atoms with Gasteiger partial charge in [-0.15, -0.1) is 0 Å². The summed E-state index contributed by atoms with van der Waals surface area (Å²) in [4.78, 5) is 15.4. The predicted molar refractivity (Wildman–Crippen MR) is 97.5 cm³/mol. The van der Waals surface area contributed by atoms with Crippen molar-refractivity contribution in [2.24, 2.45) is 4.99 Å². The fourth-order valence-electron chi connectivity index (χ4n) is 2.01. The highest BCUT2D eigenvalue weighted by Gasteiger charge is 2.06. The minimum atomic E-state index is -0.951. The number of carboxylic acids is 1. The zero-order chi connectivity index (χ0) is 17.4. The lowest BCUT2D eigenvalue weighted by atomic mass is 10.0. The summed E-state index contributed by atoms with van der Waals surface area (Å²) in [5.41, 5.74) is 4.51. The van der Waals surface area contributed by atoms with Crippen LogP contribution in [0.25, 0.3) is 5.57 Å². The van der Waals surface area contributed by atoms with Gasteiger partial charge in [0.25, 0.3) is 0 Å². The number of rotatable bonds is 6. The van der Waals surface area contributed by atoms with E-state index in [4.69, 9.17) is 5.11 Å². The van der Waals surface area contributed by atoms with Gasteiger partial charge in [0.2, 0.25) is 0 Å². The molecular formula is C20H23NO2. The van der Waals surface area contributed by atoms with Crippen LogP contribution in [0.5, 0.6) is 0 Å². The number of carbonyl (C=O) groups is 1. The van der Waals surface area contributed by atoms with Gasteiger partial charge in [0, 0.05) is 11.4 Å². The Morgan fingerprint density at radius 1 is 1.17 bits per heavy atom. The van der Waals surface area contributed by atoms with E-state index in [2.05, 4.69) is 11.6 Å². The fourth-order valence-corrected chi connectivity index (χ4v) is 2.01. The Morgan fingerprint density at radius 3 is 2.26 bits per heavy atom. The lowest BCUT2D eigenvalue weighted by Crippen LogP contribution is -2.01. The summed E-state index contributed by atoms with van der Waals surface area (Å²) in [6, 6.07) is 9.97. The van der Waals surface area contributed by atoms with Crippen LogP contribution in [0.1, 0.15) is 33.3 Å². The van der Waals surface area contributed by atoms with E-state index in [0.717, 1.165) is 22.4 Å². The smallest absolute Gasteiger partial charge is 0.333 e. The van der Waals surface area contributed by atoms with Crippen molar-refractivity contribution in [2.45, 2.75) is 27.7 Å². The first-order valence-electron chi connectivity index (χ1n) is 7.43. The van der Waals surface area contributed by atoms with Crippen LogP contribution in [0, 0.1) is 0 Å². The van der Waals surface area contributed by atoms with Gasteiger partial charge in [-0.05, 0) is 50.5 Å². The highest BCUT2D eigenvalue weighted by molar-refractivity contribution is 6.03. The second-order valence-electron chi connectivity index (χ2n) is 5.13. The van der Waals surface area contributed by atoms with Crippen molar-refractivity contribution < 1.29 is 9.90 Å². The van der Waals surface area contributed by atoms with Crippen molar-refractivity contribution in [3.8, 4) is 0 Å². The molecule has 0 bridgehead atoms. The quantitative estimate of drug-likeness (QED) is 0.454. The molecule has 0 atom stereocenters. The summed E-state index contributed by atoms with van der Waals surface area (Å²) in [7, 11) is 0. The van der Waals surface area contributed by atoms with Crippen LogP contribution < -0.4 is 0 Å². The molecule has 0 heterocycles. The zero-order valence-corrected chi connectivity index (χ0v) is 14.1. The molecule has 120 valence electrons. The molecule has 0 aromatic heterocycles. The number of hydrogen-bond donors (Lipinski definition) is 1. The highest BCUT2D eigenvalue weighted by Crippen LogP contribution is 2.19. The van der Waals surface area contributed by atoms with E-state index in [1.807, 2.05) is 56.3 Å². The third-order valence-electron chi connectivity index (χ3n) is 3.57. The van der Waals surface area contributed by atoms with Gasteiger partial charge < -0.3 is 5.11 Å². The summed E-state index contributed by atoms with van der Waals surface area (Å²) in [5.74, 6) is -0.951. The third-order valence-corrected chi connectivity index (χ3v) is 3.57. The molecule has 23 heavy (non-hydrogen) atoms. The van der Waals surface area contributed by atoms with E-state index in [0.29, 0.717) is 5.70 Å². The maximum absolute atomic E-state index is 11.0. The van der Waals surface area contributed by atoms with Crippen molar-refractivity contribution in [3.63, 3.8) is 0 Å². The predicted octanol–water partition coefficient (Wildman–Crippen LogP) is 5.04. The van der Waals surface area contributed by atoms with Crippen LogP contribution in [0.2, 0.25) is 0 Å². The van der Waals surface area contributed by atoms with Crippen LogP contribution in [0.3, 0.4) is 0 Å². The molecule has 1 rings (SSSR count). The average Bonchev–Trinajstić information content (AvgIpc) is 2.55. The minimum Gasteiger partial charge on any atom is -0.478 e. The molecule has 0 aliphatic heterocycles. The first-order chi connectivity index (χ1) is 10.9. The average molecular weight is 309 g/mol. The van der Waals surface area contributed by atoms with Gasteiger partial charge >= 0.3 is 5.97 Å². The summed E-state index contributed by atoms with van der Waals surface area (Å²) < 4.78 is 0. The molecule has 1 aromatic carbocycles. The first kappa shape index (κ1) is 18.4. The Morgan fingerprint density at radius 2 is 1.78 bits per heavy atom. The van der Waals surface area contributed by atoms with Gasteiger partial charge in [-0.25, -0.2) is 4.79 Å². The van der Waals surface area contributed by atoms with Crippen LogP contribution in [-0.2, 0) is 4.79 Å². The Bertz CT molecular complexity index is 704. The Hall–Kier alpha value is -2.68. The Balaban J connectivity index is 3.23. The molecule has 0 saturated carbocycles. The number of benzene rings is 1. The molecule has 0 saturated heterocycles. The molecule has 0 fully saturated rings. The SMILES string of the molecule is C=C\C(=C/C(=C\C)C(/C)=N/C(C)=C(\C)C(=O)O)c1ccccc1. The summed E-state index contributed by atoms with van der Waals surface area (Å²) in [5, 5.41) is 9.03. The van der Waals surface area contributed by atoms with Crippen molar-refractivity contribution >= 4 is 17.3 Å². The molecule has 3 nitrogen and oxygen atoms in total. The monoisotopic (exact) mass is 309 g/mol. The Labute approximate surface area is 138 Å². The topological polar surface area (TPSA) is 49.7 Å². The van der Waals surface area contributed by atoms with Crippen molar-refractivity contribution in [1.29, 1.82) is 0 Å². The number of nitrogens with zero attached hydrogens (tertiary/aromatic N) is 1. The molecule has 0 radical (unpaired) electrons. The molecule has 0 aliphatic carbocycles. The van der Waals surface area contributed by atoms with E-state index in [1.165, 1.54) is 0 Å². The number of aliphatic carboxylic acids is 1. The first-order valence-corrected chi connectivity index (χ1v) is 7.43. The molecule has 0 spiro atoms. The molecular weight excluding hydrogens is 286 g/mol. The molecule has 1 N–H and O–H groups in total. The number of aliphatic imine (C=N–C) groups is 1. The second kappa shape index (κ2) is 8.69. The van der Waals surface area contributed by atoms with Crippen molar-refractivity contribution in [3.05, 3.63) is 77.5 Å². The minimum absolute atomic E-state index is 0.246. The van der Waals surface area contributed by atoms with Gasteiger partial charge in [-0.3, -0.25) is 4.99 Å². The molecule has 1 aromatic rings. The van der Waals surface area contributed by atoms with Gasteiger partial charge in [0.05, 0.1) is 5.57 Å². The molecule has 0 amide bonds. The van der Waals surface area contributed by atoms with E-state index in [-0.39, 0.29) is 5.57 Å². The van der Waals surface area contributed by atoms with Gasteiger partial charge in [0.15, 0.2) is 0 Å². The van der Waals surface area contributed by atoms with Crippen LogP contribution in [0.4, 0.5) is 0 Å². The van der Waals surface area contributed by atoms with Crippen molar-refractivity contribution in [2.75, 3.05) is 0 Å². The lowest BCUT2D eigenvalue weighted by Gasteiger charge is -2.07. The maximum atomic E-state index is 11.0. The summed E-state index contributed by atoms with van der Waals surface area (Å²) in [6.45, 7) is 10.9. The van der Waals surface area contributed by atoms with E-state index in [1.54, 1.807) is 19.9 Å². The summed E-state index contributed by atoms with van der Waals surface area (Å²) >= 11 is 0. The van der Waals surface area contributed by atoms with E-state index >= 15 is 0 Å². The number of allylic oxidation sites excluding steroid dienone is 6. The second-order valence-corrected chi connectivity index (χ2v) is 5.13. The normalized spacial score (nSPS) is 14.3. The van der Waals surface area contributed by atoms with E-state index < -0.39 is 5.97 Å². The standard InChI is InChI=1S/C20H23NO2/c1-6-17(16(5)21-15(4)14(3)20(22)23)13-18(7-2)19-11-9-8-10-12-19/h6-13H,2H2,1,3-5H3,(H,22,23)/b15-14+,17-6+,18-13+,21-16+. The third kappa shape index (κ3) is 5.22. The Kier molecular flexibility index (Phi) is 6.94. The number of hydrogen-bond acceptors (Lipinski definition) is 2. The van der Waals surface area contributed by atoms with Crippen LogP contribution >= 0.6 is 0 Å². The van der Waals surface area contributed by atoms with Gasteiger partial charge in [-0.2, -0.15) is 0 Å². The summed E-state index contributed by atoms with van der Waals surface area (Å²) in [6.07, 6.45) is 5.76. The van der Waals surface area contributed by atoms with Gasteiger partial charge in [0.1, 0.15) is 0 Å². The largest absolute Gasteiger partial charge is 0.478 e. The maximum Gasteiger partial charge on any atom is 0.333 e. The molecule has 0 unspecified atom stereocenters.